The van der Waals surface area contributed by atoms with Gasteiger partial charge in [-0.1, -0.05) is 6.92 Å². The molecule has 8 nitrogen and oxygen atoms in total. The summed E-state index contributed by atoms with van der Waals surface area (Å²) in [6.07, 6.45) is 5.20. The molecule has 0 unspecified atom stereocenters. The van der Waals surface area contributed by atoms with Crippen LogP contribution in [0.3, 0.4) is 0 Å². The molecule has 192 valence electrons. The van der Waals surface area contributed by atoms with Crippen LogP contribution in [0.4, 0.5) is 15.9 Å². The molecule has 0 bridgehead atoms. The third-order valence-electron chi connectivity index (χ3n) is 5.56. The number of fused-ring (bicyclic) bond motifs is 1. The van der Waals surface area contributed by atoms with Crippen LogP contribution < -0.4 is 14.4 Å². The lowest BCUT2D eigenvalue weighted by Gasteiger charge is -2.26. The Morgan fingerprint density at radius 2 is 1.86 bits per heavy atom. The van der Waals surface area contributed by atoms with E-state index in [0.29, 0.717) is 34.5 Å². The van der Waals surface area contributed by atoms with Crippen molar-refractivity contribution in [1.82, 2.24) is 14.9 Å². The van der Waals surface area contributed by atoms with E-state index in [1.165, 1.54) is 17.2 Å². The van der Waals surface area contributed by atoms with Gasteiger partial charge >= 0.3 is 0 Å². The first-order valence-electron chi connectivity index (χ1n) is 11.6. The molecule has 3 aromatic rings. The van der Waals surface area contributed by atoms with Crippen molar-refractivity contribution >= 4 is 33.9 Å². The number of allylic oxidation sites excluding steroid dienone is 1. The molecule has 2 aromatic heterocycles. The van der Waals surface area contributed by atoms with Gasteiger partial charge in [0.15, 0.2) is 11.6 Å². The van der Waals surface area contributed by atoms with Crippen molar-refractivity contribution in [2.75, 3.05) is 46.4 Å². The number of benzene rings is 1. The number of carbonyl (C=O) groups is 1. The number of methoxy groups -OCH3 is 2. The molecule has 0 saturated heterocycles. The molecule has 0 atom stereocenters. The number of hydrogen-bond donors (Lipinski definition) is 0. The van der Waals surface area contributed by atoms with Crippen LogP contribution >= 0.6 is 0 Å². The van der Waals surface area contributed by atoms with Crippen LogP contribution in [0.1, 0.15) is 31.4 Å². The summed E-state index contributed by atoms with van der Waals surface area (Å²) in [4.78, 5) is 25.4. The van der Waals surface area contributed by atoms with Gasteiger partial charge in [0.05, 0.1) is 31.1 Å². The van der Waals surface area contributed by atoms with Crippen molar-refractivity contribution in [3.8, 4) is 11.5 Å². The number of anilines is 2. The molecule has 0 spiro atoms. The third-order valence-corrected chi connectivity index (χ3v) is 5.56. The smallest absolute Gasteiger partial charge is 0.232 e. The van der Waals surface area contributed by atoms with E-state index in [0.717, 1.165) is 11.1 Å². The van der Waals surface area contributed by atoms with Gasteiger partial charge < -0.3 is 19.1 Å². The molecule has 0 aliphatic heterocycles. The Bertz CT molecular complexity index is 1280. The molecule has 0 aliphatic rings. The second-order valence-electron chi connectivity index (χ2n) is 8.54. The zero-order valence-corrected chi connectivity index (χ0v) is 21.9. The van der Waals surface area contributed by atoms with E-state index in [1.54, 1.807) is 27.3 Å². The highest BCUT2D eigenvalue weighted by Crippen LogP contribution is 2.39. The summed E-state index contributed by atoms with van der Waals surface area (Å²) >= 11 is 0. The zero-order valence-electron chi connectivity index (χ0n) is 21.9. The number of hydrogen-bond acceptors (Lipinski definition) is 7. The highest BCUT2D eigenvalue weighted by Gasteiger charge is 2.26. The van der Waals surface area contributed by atoms with Gasteiger partial charge in [-0.3, -0.25) is 14.7 Å². The van der Waals surface area contributed by atoms with Gasteiger partial charge in [0.1, 0.15) is 18.1 Å². The molecule has 2 heterocycles. The second-order valence-corrected chi connectivity index (χ2v) is 8.54. The molecule has 0 aliphatic carbocycles. The average molecular weight is 497 g/mol. The third kappa shape index (κ3) is 5.73. The number of rotatable bonds is 10. The standard InChI is InChI=1S/C27H33FN4O4/c1-8-25(33)32(27-22(28)11-19(15-30-27)36-10-9-34-6)26-17(2)14-29-23-13-24(35-7)20(12-21(23)26)18(3)16-31(4)5/h11-16H,8-10H2,1-7H3/b18-16+. The number of amides is 1. The Labute approximate surface area is 211 Å². The monoisotopic (exact) mass is 496 g/mol. The Morgan fingerprint density at radius 3 is 2.47 bits per heavy atom. The lowest BCUT2D eigenvalue weighted by molar-refractivity contribution is -0.117. The van der Waals surface area contributed by atoms with Crippen LogP contribution in [-0.2, 0) is 9.53 Å². The summed E-state index contributed by atoms with van der Waals surface area (Å²) in [7, 11) is 7.03. The summed E-state index contributed by atoms with van der Waals surface area (Å²) in [5, 5.41) is 0.681. The molecule has 1 aromatic carbocycles. The maximum absolute atomic E-state index is 15.4. The lowest BCUT2D eigenvalue weighted by atomic mass is 10.0. The fourth-order valence-corrected chi connectivity index (χ4v) is 3.94. The number of ether oxygens (including phenoxy) is 3. The van der Waals surface area contributed by atoms with E-state index in [2.05, 4.69) is 9.97 Å². The fraction of sp³-hybridized carbons (Fsp3) is 0.370. The van der Waals surface area contributed by atoms with Gasteiger partial charge in [-0.2, -0.15) is 0 Å². The Morgan fingerprint density at radius 1 is 1.11 bits per heavy atom. The molecule has 1 amide bonds. The van der Waals surface area contributed by atoms with Crippen LogP contribution in [0.5, 0.6) is 11.5 Å². The van der Waals surface area contributed by atoms with Crippen molar-refractivity contribution in [2.45, 2.75) is 27.2 Å². The first kappa shape index (κ1) is 26.9. The molecule has 0 saturated carbocycles. The van der Waals surface area contributed by atoms with Gasteiger partial charge in [0.25, 0.3) is 0 Å². The van der Waals surface area contributed by atoms with E-state index in [9.17, 15) is 4.79 Å². The minimum absolute atomic E-state index is 0.102. The van der Waals surface area contributed by atoms with Gasteiger partial charge in [-0.25, -0.2) is 9.37 Å². The van der Waals surface area contributed by atoms with Crippen molar-refractivity contribution in [1.29, 1.82) is 0 Å². The quantitative estimate of drug-likeness (QED) is 0.361. The summed E-state index contributed by atoms with van der Waals surface area (Å²) in [6, 6.07) is 4.98. The minimum atomic E-state index is -0.673. The molecule has 3 rings (SSSR count). The van der Waals surface area contributed by atoms with E-state index in [1.807, 2.05) is 51.2 Å². The van der Waals surface area contributed by atoms with Crippen LogP contribution in [0.15, 0.2) is 36.8 Å². The first-order valence-corrected chi connectivity index (χ1v) is 11.6. The number of aromatic nitrogens is 2. The predicted octanol–water partition coefficient (Wildman–Crippen LogP) is 5.11. The van der Waals surface area contributed by atoms with Crippen molar-refractivity contribution in [2.24, 2.45) is 0 Å². The van der Waals surface area contributed by atoms with Gasteiger partial charge in [-0.05, 0) is 31.1 Å². The summed E-state index contributed by atoms with van der Waals surface area (Å²) in [6.45, 7) is 6.16. The zero-order chi connectivity index (χ0) is 26.4. The maximum Gasteiger partial charge on any atom is 0.232 e. The molecular formula is C27H33FN4O4. The van der Waals surface area contributed by atoms with Crippen molar-refractivity contribution in [3.05, 3.63) is 53.7 Å². The number of aryl methyl sites for hydroxylation is 1. The molecule has 0 N–H and O–H groups in total. The highest BCUT2D eigenvalue weighted by atomic mass is 19.1. The molecule has 36 heavy (non-hydrogen) atoms. The summed E-state index contributed by atoms with van der Waals surface area (Å²) in [5.41, 5.74) is 3.64. The molecule has 0 fully saturated rings. The second kappa shape index (κ2) is 11.8. The lowest BCUT2D eigenvalue weighted by Crippen LogP contribution is -2.28. The van der Waals surface area contributed by atoms with Crippen LogP contribution in [0.25, 0.3) is 16.5 Å². The van der Waals surface area contributed by atoms with Gasteiger partial charge in [0.2, 0.25) is 5.91 Å². The maximum atomic E-state index is 15.4. The molecule has 9 heteroatoms. The fourth-order valence-electron chi connectivity index (χ4n) is 3.94. The number of carbonyl (C=O) groups excluding carboxylic acids is 1. The van der Waals surface area contributed by atoms with Gasteiger partial charge in [0, 0.05) is 63.1 Å². The van der Waals surface area contributed by atoms with Gasteiger partial charge in [-0.15, -0.1) is 0 Å². The largest absolute Gasteiger partial charge is 0.496 e. The number of nitrogens with zero attached hydrogens (tertiary/aromatic N) is 4. The molecule has 0 radical (unpaired) electrons. The van der Waals surface area contributed by atoms with Crippen molar-refractivity contribution in [3.63, 3.8) is 0 Å². The Hall–Kier alpha value is -3.72. The van der Waals surface area contributed by atoms with Crippen LogP contribution in [0, 0.1) is 12.7 Å². The Balaban J connectivity index is 2.25. The topological polar surface area (TPSA) is 77.0 Å². The van der Waals surface area contributed by atoms with E-state index in [4.69, 9.17) is 14.2 Å². The Kier molecular flexibility index (Phi) is 8.82. The van der Waals surface area contributed by atoms with Crippen LogP contribution in [-0.4, -0.2) is 62.3 Å². The predicted molar refractivity (Wildman–Crippen MR) is 139 cm³/mol. The SMILES string of the molecule is CCC(=O)N(c1ncc(OCCOC)cc1F)c1c(C)cnc2cc(OC)c(/C(C)=C/N(C)C)cc12. The summed E-state index contributed by atoms with van der Waals surface area (Å²) in [5.74, 6) is -0.174. The minimum Gasteiger partial charge on any atom is -0.496 e. The van der Waals surface area contributed by atoms with Crippen LogP contribution in [0.2, 0.25) is 0 Å². The summed E-state index contributed by atoms with van der Waals surface area (Å²) < 4.78 is 31.5. The average Bonchev–Trinajstić information content (AvgIpc) is 2.85. The molecular weight excluding hydrogens is 463 g/mol. The number of pyridine rings is 2. The van der Waals surface area contributed by atoms with E-state index in [-0.39, 0.29) is 30.5 Å². The van der Waals surface area contributed by atoms with E-state index >= 15 is 4.39 Å². The van der Waals surface area contributed by atoms with E-state index < -0.39 is 5.82 Å². The highest BCUT2D eigenvalue weighted by molar-refractivity contribution is 6.09. The number of halogens is 1. The first-order chi connectivity index (χ1) is 17.2. The normalized spacial score (nSPS) is 11.5. The van der Waals surface area contributed by atoms with Crippen molar-refractivity contribution < 1.29 is 23.4 Å².